The Hall–Kier alpha value is -2.07. The van der Waals surface area contributed by atoms with Crippen LogP contribution in [0.4, 0.5) is 8.78 Å². The van der Waals surface area contributed by atoms with Crippen LogP contribution in [0.2, 0.25) is 0 Å². The molecule has 2 aliphatic rings. The minimum atomic E-state index is -3.52. The van der Waals surface area contributed by atoms with Crippen LogP contribution in [-0.4, -0.2) is 49.9 Å². The molecule has 0 radical (unpaired) electrons. The van der Waals surface area contributed by atoms with E-state index < -0.39 is 33.5 Å². The first kappa shape index (κ1) is 19.7. The van der Waals surface area contributed by atoms with Crippen LogP contribution in [0.1, 0.15) is 18.4 Å². The van der Waals surface area contributed by atoms with Crippen molar-refractivity contribution in [3.63, 3.8) is 0 Å². The van der Waals surface area contributed by atoms with E-state index in [1.165, 1.54) is 0 Å². The maximum absolute atomic E-state index is 13.7. The van der Waals surface area contributed by atoms with Gasteiger partial charge in [0.05, 0.1) is 12.8 Å². The van der Waals surface area contributed by atoms with Crippen molar-refractivity contribution in [2.24, 2.45) is 11.8 Å². The lowest BCUT2D eigenvalue weighted by Gasteiger charge is -2.20. The van der Waals surface area contributed by atoms with Crippen LogP contribution in [0.25, 0.3) is 0 Å². The van der Waals surface area contributed by atoms with Crippen LogP contribution in [0.15, 0.2) is 18.2 Å². The molecule has 3 atom stereocenters. The number of amides is 2. The Bertz CT molecular complexity index is 862. The molecule has 3 rings (SSSR count). The van der Waals surface area contributed by atoms with Gasteiger partial charge in [0.25, 0.3) is 0 Å². The fourth-order valence-electron chi connectivity index (χ4n) is 3.71. The number of hydrogen-bond acceptors (Lipinski definition) is 4. The molecule has 10 heteroatoms. The zero-order chi connectivity index (χ0) is 19.8. The second-order valence-corrected chi connectivity index (χ2v) is 9.09. The Morgan fingerprint density at radius 1 is 1.33 bits per heavy atom. The van der Waals surface area contributed by atoms with E-state index in [0.717, 1.165) is 28.8 Å². The number of rotatable bonds is 4. The highest BCUT2D eigenvalue weighted by atomic mass is 32.2. The zero-order valence-corrected chi connectivity index (χ0v) is 15.6. The second-order valence-electron chi connectivity index (χ2n) is 7.11. The lowest BCUT2D eigenvalue weighted by molar-refractivity contribution is -0.125. The van der Waals surface area contributed by atoms with Crippen LogP contribution in [-0.2, 0) is 26.2 Å². The van der Waals surface area contributed by atoms with Gasteiger partial charge in [-0.2, -0.15) is 4.31 Å². The first-order chi connectivity index (χ1) is 12.6. The summed E-state index contributed by atoms with van der Waals surface area (Å²) in [5.74, 6) is -2.52. The lowest BCUT2D eigenvalue weighted by Crippen LogP contribution is -2.39. The number of fused-ring (bicyclic) bond motifs is 1. The molecular formula is C17H21F2N3O4S. The van der Waals surface area contributed by atoms with Gasteiger partial charge >= 0.3 is 0 Å². The summed E-state index contributed by atoms with van der Waals surface area (Å²) in [6, 6.07) is 2.74. The third-order valence-electron chi connectivity index (χ3n) is 5.10. The van der Waals surface area contributed by atoms with Crippen LogP contribution >= 0.6 is 0 Å². The highest BCUT2D eigenvalue weighted by Crippen LogP contribution is 2.34. The van der Waals surface area contributed by atoms with Crippen molar-refractivity contribution in [1.29, 1.82) is 0 Å². The van der Waals surface area contributed by atoms with Gasteiger partial charge in [-0.15, -0.1) is 0 Å². The van der Waals surface area contributed by atoms with Crippen LogP contribution in [0.5, 0.6) is 0 Å². The van der Waals surface area contributed by atoms with Crippen molar-refractivity contribution in [3.8, 4) is 0 Å². The highest BCUT2D eigenvalue weighted by Gasteiger charge is 2.42. The summed E-state index contributed by atoms with van der Waals surface area (Å²) in [5, 5.41) is 5.38. The van der Waals surface area contributed by atoms with Gasteiger partial charge < -0.3 is 10.6 Å². The van der Waals surface area contributed by atoms with E-state index in [0.29, 0.717) is 12.8 Å². The van der Waals surface area contributed by atoms with Crippen molar-refractivity contribution < 1.29 is 26.8 Å². The number of halogens is 2. The van der Waals surface area contributed by atoms with Crippen molar-refractivity contribution in [3.05, 3.63) is 35.4 Å². The van der Waals surface area contributed by atoms with Crippen LogP contribution in [0.3, 0.4) is 0 Å². The number of nitrogens with one attached hydrogen (secondary N) is 2. The van der Waals surface area contributed by atoms with E-state index >= 15 is 0 Å². The van der Waals surface area contributed by atoms with E-state index in [2.05, 4.69) is 10.6 Å². The van der Waals surface area contributed by atoms with E-state index in [1.54, 1.807) is 0 Å². The third-order valence-corrected chi connectivity index (χ3v) is 6.32. The van der Waals surface area contributed by atoms with Crippen molar-refractivity contribution in [1.82, 2.24) is 14.9 Å². The smallest absolute Gasteiger partial charge is 0.235 e. The molecule has 0 spiro atoms. The molecule has 1 aromatic rings. The summed E-state index contributed by atoms with van der Waals surface area (Å²) in [4.78, 5) is 24.4. The fraction of sp³-hybridized carbons (Fsp3) is 0.529. The van der Waals surface area contributed by atoms with E-state index in [-0.39, 0.29) is 43.1 Å². The molecule has 2 amide bonds. The third kappa shape index (κ3) is 4.62. The first-order valence-corrected chi connectivity index (χ1v) is 10.4. The topological polar surface area (TPSA) is 95.6 Å². The Labute approximate surface area is 156 Å². The monoisotopic (exact) mass is 401 g/mol. The minimum Gasteiger partial charge on any atom is -0.352 e. The molecule has 27 heavy (non-hydrogen) atoms. The van der Waals surface area contributed by atoms with Gasteiger partial charge in [-0.25, -0.2) is 17.2 Å². The zero-order valence-electron chi connectivity index (χ0n) is 14.7. The summed E-state index contributed by atoms with van der Waals surface area (Å²) in [5.41, 5.74) is 0.0483. The maximum Gasteiger partial charge on any atom is 0.235 e. The summed E-state index contributed by atoms with van der Waals surface area (Å²) in [6.45, 7) is -0.192. The molecule has 7 nitrogen and oxygen atoms in total. The molecule has 1 aromatic carbocycles. The molecule has 2 fully saturated rings. The van der Waals surface area contributed by atoms with Gasteiger partial charge in [-0.05, 0) is 37.0 Å². The van der Waals surface area contributed by atoms with Gasteiger partial charge in [0.1, 0.15) is 11.6 Å². The summed E-state index contributed by atoms with van der Waals surface area (Å²) in [7, 11) is -3.52. The molecule has 1 saturated heterocycles. The molecule has 0 unspecified atom stereocenters. The van der Waals surface area contributed by atoms with Crippen LogP contribution < -0.4 is 10.6 Å². The molecule has 0 aromatic heterocycles. The second kappa shape index (κ2) is 7.51. The van der Waals surface area contributed by atoms with Gasteiger partial charge in [0.15, 0.2) is 0 Å². The number of nitrogens with zero attached hydrogens (tertiary/aromatic N) is 1. The van der Waals surface area contributed by atoms with Crippen molar-refractivity contribution in [2.45, 2.75) is 25.4 Å². The van der Waals surface area contributed by atoms with E-state index in [9.17, 15) is 26.8 Å². The minimum absolute atomic E-state index is 0.0483. The molecule has 1 aliphatic heterocycles. The van der Waals surface area contributed by atoms with Gasteiger partial charge in [0, 0.05) is 30.6 Å². The Morgan fingerprint density at radius 2 is 2.07 bits per heavy atom. The maximum atomic E-state index is 13.7. The quantitative estimate of drug-likeness (QED) is 0.762. The van der Waals surface area contributed by atoms with Gasteiger partial charge in [-0.1, -0.05) is 0 Å². The molecule has 0 bridgehead atoms. The molecule has 148 valence electrons. The van der Waals surface area contributed by atoms with Crippen molar-refractivity contribution in [2.75, 3.05) is 19.3 Å². The number of carbonyl (C=O) groups is 2. The van der Waals surface area contributed by atoms with E-state index in [4.69, 9.17) is 0 Å². The fourth-order valence-corrected chi connectivity index (χ4v) is 4.53. The van der Waals surface area contributed by atoms with Gasteiger partial charge in [-0.3, -0.25) is 9.59 Å². The van der Waals surface area contributed by atoms with Gasteiger partial charge in [0.2, 0.25) is 21.8 Å². The first-order valence-electron chi connectivity index (χ1n) is 8.59. The number of hydrogen-bond donors (Lipinski definition) is 2. The number of carbonyl (C=O) groups excluding carboxylic acids is 2. The summed E-state index contributed by atoms with van der Waals surface area (Å²) in [6.07, 6.45) is 1.84. The SMILES string of the molecule is CS(=O)(=O)N1CC(=O)N[C@@H]2C[C@@H](C(=O)NCc3cc(F)ccc3F)C[C@@H]2C1. The average Bonchev–Trinajstić information content (AvgIpc) is 2.89. The molecular weight excluding hydrogens is 380 g/mol. The highest BCUT2D eigenvalue weighted by molar-refractivity contribution is 7.88. The van der Waals surface area contributed by atoms with E-state index in [1.807, 2.05) is 0 Å². The largest absolute Gasteiger partial charge is 0.352 e. The summed E-state index contributed by atoms with van der Waals surface area (Å²) < 4.78 is 51.6. The number of sulfonamides is 1. The van der Waals surface area contributed by atoms with Crippen molar-refractivity contribution >= 4 is 21.8 Å². The molecule has 1 saturated carbocycles. The molecule has 2 N–H and O–H groups in total. The number of benzene rings is 1. The lowest BCUT2D eigenvalue weighted by atomic mass is 10.0. The average molecular weight is 401 g/mol. The predicted molar refractivity (Wildman–Crippen MR) is 92.8 cm³/mol. The Morgan fingerprint density at radius 3 is 2.78 bits per heavy atom. The normalized spacial score (nSPS) is 26.2. The Balaban J connectivity index is 1.63. The summed E-state index contributed by atoms with van der Waals surface area (Å²) >= 11 is 0. The molecule has 1 aliphatic carbocycles. The predicted octanol–water partition coefficient (Wildman–Crippen LogP) is 0.367. The molecule has 1 heterocycles. The standard InChI is InChI=1S/C17H21F2N3O4S/c1-27(25,26)22-8-12-4-10(6-15(12)21-16(23)9-22)17(24)20-7-11-5-13(18)2-3-14(11)19/h2-3,5,10,12,15H,4,6-9H2,1H3,(H,20,24)(H,21,23)/t10-,12+,15+/m0/s1. The Kier molecular flexibility index (Phi) is 5.48. The van der Waals surface area contributed by atoms with Crippen LogP contribution in [0, 0.1) is 23.5 Å².